The maximum Gasteiger partial charge on any atom is 0.224 e. The lowest BCUT2D eigenvalue weighted by molar-refractivity contribution is 0.282. The average molecular weight is 629 g/mol. The molecule has 0 aliphatic rings. The second-order valence-corrected chi connectivity index (χ2v) is 10.2. The van der Waals surface area contributed by atoms with E-state index in [2.05, 4.69) is 62.2 Å². The fourth-order valence-electron chi connectivity index (χ4n) is 3.93. The molecule has 0 spiro atoms. The average Bonchev–Trinajstić information content (AvgIpc) is 3.61. The van der Waals surface area contributed by atoms with Gasteiger partial charge in [0.05, 0.1) is 12.8 Å². The molecule has 0 fully saturated rings. The molecule has 0 saturated carbocycles. The third kappa shape index (κ3) is 8.18. The summed E-state index contributed by atoms with van der Waals surface area (Å²) >= 11 is 3.38. The molecule has 0 aliphatic heterocycles. The minimum atomic E-state index is 0.0836. The molecule has 3 aromatic heterocycles. The number of aryl methyl sites for hydroxylation is 2. The molecule has 0 amide bonds. The first kappa shape index (κ1) is 30.3. The molecular weight excluding hydrogens is 594 g/mol. The van der Waals surface area contributed by atoms with Crippen LogP contribution in [-0.2, 0) is 18.4 Å². The van der Waals surface area contributed by atoms with Gasteiger partial charge in [0.25, 0.3) is 0 Å². The molecule has 9 nitrogen and oxygen atoms in total. The van der Waals surface area contributed by atoms with Gasteiger partial charge < -0.3 is 26.7 Å². The molecule has 0 aliphatic carbocycles. The number of nitrogens with two attached hydrogens (primary N) is 3. The third-order valence-electron chi connectivity index (χ3n) is 6.23. The summed E-state index contributed by atoms with van der Waals surface area (Å²) in [6.07, 6.45) is 2.45. The zero-order chi connectivity index (χ0) is 30.1. The van der Waals surface area contributed by atoms with Crippen molar-refractivity contribution in [2.24, 2.45) is 0 Å². The van der Waals surface area contributed by atoms with Crippen LogP contribution in [0.1, 0.15) is 33.6 Å². The smallest absolute Gasteiger partial charge is 0.224 e. The predicted molar refractivity (Wildman–Crippen MR) is 172 cm³/mol. The molecule has 0 atom stereocenters. The highest BCUT2D eigenvalue weighted by Crippen LogP contribution is 2.24. The number of nitrogens with zero attached hydrogens (tertiary/aromatic N) is 4. The molecule has 0 saturated heterocycles. The van der Waals surface area contributed by atoms with Gasteiger partial charge in [-0.3, -0.25) is 0 Å². The summed E-state index contributed by atoms with van der Waals surface area (Å²) in [5.74, 6) is 2.12. The molecule has 0 unspecified atom stereocenters. The minimum absolute atomic E-state index is 0.0836. The van der Waals surface area contributed by atoms with Crippen molar-refractivity contribution in [3.8, 4) is 11.6 Å². The lowest BCUT2D eigenvalue weighted by Gasteiger charge is -2.04. The second-order valence-electron chi connectivity index (χ2n) is 9.66. The third-order valence-corrected chi connectivity index (χ3v) is 6.88. The van der Waals surface area contributed by atoms with Crippen LogP contribution in [0.2, 0.25) is 0 Å². The quantitative estimate of drug-likeness (QED) is 0.132. The second kappa shape index (κ2) is 14.3. The van der Waals surface area contributed by atoms with E-state index in [-0.39, 0.29) is 12.6 Å². The van der Waals surface area contributed by atoms with Crippen molar-refractivity contribution in [2.75, 3.05) is 17.2 Å². The zero-order valence-corrected chi connectivity index (χ0v) is 25.1. The highest BCUT2D eigenvalue weighted by Gasteiger charge is 2.16. The molecule has 42 heavy (non-hydrogen) atoms. The maximum absolute atomic E-state index is 8.59. The number of hydrogen-bond acceptors (Lipinski definition) is 8. The van der Waals surface area contributed by atoms with Crippen LogP contribution in [0.3, 0.4) is 0 Å². The number of alkyl halides is 1. The Kier molecular flexibility index (Phi) is 10.3. The van der Waals surface area contributed by atoms with Gasteiger partial charge in [-0.1, -0.05) is 70.0 Å². The summed E-state index contributed by atoms with van der Waals surface area (Å²) in [6, 6.07) is 27.1. The number of halogens is 1. The summed E-state index contributed by atoms with van der Waals surface area (Å²) in [4.78, 5) is 8.62. The van der Waals surface area contributed by atoms with E-state index in [0.717, 1.165) is 39.2 Å². The van der Waals surface area contributed by atoms with E-state index >= 15 is 0 Å². The molecule has 7 N–H and O–H groups in total. The summed E-state index contributed by atoms with van der Waals surface area (Å²) in [7, 11) is 0. The van der Waals surface area contributed by atoms with E-state index < -0.39 is 0 Å². The first-order chi connectivity index (χ1) is 20.2. The largest absolute Gasteiger partial charge is 0.458 e. The Labute approximate surface area is 253 Å². The van der Waals surface area contributed by atoms with E-state index in [1.165, 1.54) is 11.1 Å². The highest BCUT2D eigenvalue weighted by molar-refractivity contribution is 9.08. The van der Waals surface area contributed by atoms with Gasteiger partial charge in [0.2, 0.25) is 11.8 Å². The van der Waals surface area contributed by atoms with Crippen molar-refractivity contribution < 1.29 is 9.52 Å². The van der Waals surface area contributed by atoms with E-state index in [0.29, 0.717) is 23.7 Å². The molecular formula is C32H34BrN7O2. The molecule has 3 aromatic carbocycles. The molecule has 0 bridgehead atoms. The fraction of sp³-hybridized carbons (Fsp3) is 0.156. The van der Waals surface area contributed by atoms with Crippen molar-refractivity contribution >= 4 is 38.9 Å². The molecule has 3 heterocycles. The minimum Gasteiger partial charge on any atom is -0.458 e. The monoisotopic (exact) mass is 627 g/mol. The van der Waals surface area contributed by atoms with Crippen LogP contribution in [0, 0.1) is 13.8 Å². The number of aliphatic hydroxyl groups is 1. The highest BCUT2D eigenvalue weighted by atomic mass is 79.9. The van der Waals surface area contributed by atoms with Gasteiger partial charge in [0.1, 0.15) is 5.76 Å². The lowest BCUT2D eigenvalue weighted by atomic mass is 10.1. The summed E-state index contributed by atoms with van der Waals surface area (Å²) in [5, 5.41) is 13.9. The van der Waals surface area contributed by atoms with E-state index in [1.807, 2.05) is 43.3 Å². The number of anilines is 3. The number of nitrogen functional groups attached to an aromatic ring is 3. The van der Waals surface area contributed by atoms with Gasteiger partial charge >= 0.3 is 0 Å². The van der Waals surface area contributed by atoms with Gasteiger partial charge in [-0.05, 0) is 66.9 Å². The first-order valence-corrected chi connectivity index (χ1v) is 14.4. The van der Waals surface area contributed by atoms with Crippen LogP contribution in [0.4, 0.5) is 17.3 Å². The Balaban J connectivity index is 0.000000184. The fourth-order valence-corrected chi connectivity index (χ4v) is 4.31. The zero-order valence-electron chi connectivity index (χ0n) is 23.5. The number of aromatic nitrogens is 4. The van der Waals surface area contributed by atoms with Crippen LogP contribution < -0.4 is 17.2 Å². The van der Waals surface area contributed by atoms with Crippen LogP contribution >= 0.6 is 15.9 Å². The molecule has 6 aromatic rings. The van der Waals surface area contributed by atoms with Crippen molar-refractivity contribution in [3.05, 3.63) is 125 Å². The van der Waals surface area contributed by atoms with Crippen LogP contribution in [0.25, 0.3) is 17.2 Å². The summed E-state index contributed by atoms with van der Waals surface area (Å²) < 4.78 is 7.31. The standard InChI is InChI=1S/C17H16N6O.C8H9Br.C7H9NO/c1-10-2-7-14(24-10)16-22-17(19)21-15-12(9-20-23(15)16)8-11-3-5-13(18)6-4-11;1-7-2-4-8(6-9)5-3-7;8-7-3-1-6(5-9)2-4-7/h2-7,9H,8,18H2,1H3,(H2,19,21);2-5H,6H2,1H3;1-4,9H,5,8H2. The van der Waals surface area contributed by atoms with Gasteiger partial charge in [-0.15, -0.1) is 0 Å². The van der Waals surface area contributed by atoms with Gasteiger partial charge in [0.15, 0.2) is 11.4 Å². The summed E-state index contributed by atoms with van der Waals surface area (Å²) in [5.41, 5.74) is 24.8. The van der Waals surface area contributed by atoms with Crippen molar-refractivity contribution in [1.82, 2.24) is 19.6 Å². The van der Waals surface area contributed by atoms with Gasteiger partial charge in [0, 0.05) is 28.7 Å². The number of fused-ring (bicyclic) bond motifs is 1. The van der Waals surface area contributed by atoms with Crippen molar-refractivity contribution in [3.63, 3.8) is 0 Å². The molecule has 0 radical (unpaired) electrons. The number of furan rings is 1. The van der Waals surface area contributed by atoms with E-state index in [1.54, 1.807) is 35.0 Å². The van der Waals surface area contributed by atoms with E-state index in [9.17, 15) is 0 Å². The number of aliphatic hydroxyl groups excluding tert-OH is 1. The predicted octanol–water partition coefficient (Wildman–Crippen LogP) is 6.10. The first-order valence-electron chi connectivity index (χ1n) is 13.2. The van der Waals surface area contributed by atoms with Crippen molar-refractivity contribution in [2.45, 2.75) is 32.2 Å². The Bertz CT molecular complexity index is 1670. The van der Waals surface area contributed by atoms with Crippen LogP contribution in [0.15, 0.2) is 95.5 Å². The van der Waals surface area contributed by atoms with Crippen molar-refractivity contribution in [1.29, 1.82) is 0 Å². The van der Waals surface area contributed by atoms with Gasteiger partial charge in [-0.2, -0.15) is 19.6 Å². The number of benzene rings is 3. The Morgan fingerprint density at radius 3 is 1.90 bits per heavy atom. The summed E-state index contributed by atoms with van der Waals surface area (Å²) in [6.45, 7) is 4.05. The maximum atomic E-state index is 8.59. The number of hydrogen-bond donors (Lipinski definition) is 4. The van der Waals surface area contributed by atoms with Crippen LogP contribution in [0.5, 0.6) is 0 Å². The Hall–Kier alpha value is -4.67. The SMILES string of the molecule is Cc1ccc(-c2nc(N)nc3c(Cc4ccc(N)cc4)cnn23)o1.Cc1ccc(CBr)cc1.Nc1ccc(CO)cc1. The Morgan fingerprint density at radius 1 is 0.762 bits per heavy atom. The van der Waals surface area contributed by atoms with Gasteiger partial charge in [-0.25, -0.2) is 0 Å². The lowest BCUT2D eigenvalue weighted by Crippen LogP contribution is -2.05. The molecule has 6 rings (SSSR count). The van der Waals surface area contributed by atoms with Crippen LogP contribution in [-0.4, -0.2) is 24.7 Å². The molecule has 216 valence electrons. The topological polar surface area (TPSA) is 155 Å². The van der Waals surface area contributed by atoms with E-state index in [4.69, 9.17) is 26.7 Å². The molecule has 10 heteroatoms. The Morgan fingerprint density at radius 2 is 1.36 bits per heavy atom. The normalized spacial score (nSPS) is 10.5. The number of rotatable bonds is 5.